The highest BCUT2D eigenvalue weighted by Gasteiger charge is 2.20. The molecule has 270 valence electrons. The van der Waals surface area contributed by atoms with Gasteiger partial charge in [-0.15, -0.1) is 12.4 Å². The van der Waals surface area contributed by atoms with Crippen molar-refractivity contribution in [3.63, 3.8) is 0 Å². The normalized spacial score (nSPS) is 13.1. The molecule has 0 unspecified atom stereocenters. The smallest absolute Gasteiger partial charge is 0.246 e. The van der Waals surface area contributed by atoms with Crippen LogP contribution in [0.5, 0.6) is 23.1 Å². The minimum atomic E-state index is -0.317. The lowest BCUT2D eigenvalue weighted by Gasteiger charge is -2.34. The standard InChI is InChI=1S/C42H41ClFN3O4.ClH/c1-30-7-14-36(15-8-30)49-24-19-32-9-11-33(12-10-32)28-46-20-22-47(23-21-46)41(48)18-13-34-25-31(2)42(38(43)26-34)51-40-17-16-37(27-45-40)50-29-35-5-3-4-6-39(35)44;/h3-18,25-27H,19-24,28-29H2,1-2H3;1H/b18-13+;. The fourth-order valence-electron chi connectivity index (χ4n) is 5.77. The van der Waals surface area contributed by atoms with E-state index < -0.39 is 0 Å². The fourth-order valence-corrected chi connectivity index (χ4v) is 6.08. The van der Waals surface area contributed by atoms with Gasteiger partial charge in [0.2, 0.25) is 11.8 Å². The average Bonchev–Trinajstić information content (AvgIpc) is 3.14. The molecule has 7 nitrogen and oxygen atoms in total. The summed E-state index contributed by atoms with van der Waals surface area (Å²) < 4.78 is 31.4. The minimum Gasteiger partial charge on any atom is -0.493 e. The van der Waals surface area contributed by atoms with Crippen LogP contribution in [0.4, 0.5) is 4.39 Å². The van der Waals surface area contributed by atoms with E-state index in [0.717, 1.165) is 42.9 Å². The van der Waals surface area contributed by atoms with Crippen molar-refractivity contribution in [2.45, 2.75) is 33.4 Å². The Morgan fingerprint density at radius 3 is 2.27 bits per heavy atom. The van der Waals surface area contributed by atoms with E-state index in [1.54, 1.807) is 48.6 Å². The molecule has 1 aliphatic rings. The largest absolute Gasteiger partial charge is 0.493 e. The number of piperazine rings is 1. The molecule has 5 aromatic rings. The van der Waals surface area contributed by atoms with Crippen LogP contribution in [-0.4, -0.2) is 53.5 Å². The van der Waals surface area contributed by atoms with Crippen LogP contribution in [0, 0.1) is 19.7 Å². The summed E-state index contributed by atoms with van der Waals surface area (Å²) in [4.78, 5) is 21.6. The molecule has 1 aliphatic heterocycles. The molecule has 0 aliphatic carbocycles. The summed E-state index contributed by atoms with van der Waals surface area (Å²) in [5.74, 6) is 1.86. The Kier molecular flexibility index (Phi) is 13.7. The SMILES string of the molecule is Cc1ccc(OCCc2ccc(CN3CCN(C(=O)/C=C/c4cc(C)c(Oc5ccc(OCc6ccccc6F)cn5)c(Cl)c4)CC3)cc2)cc1.Cl. The van der Waals surface area contributed by atoms with E-state index in [2.05, 4.69) is 53.2 Å². The van der Waals surface area contributed by atoms with E-state index in [-0.39, 0.29) is 30.7 Å². The number of carbonyl (C=O) groups is 1. The molecule has 0 atom stereocenters. The zero-order chi connectivity index (χ0) is 35.6. The number of carbonyl (C=O) groups excluding carboxylic acids is 1. The van der Waals surface area contributed by atoms with Crippen LogP contribution in [0.15, 0.2) is 109 Å². The molecule has 0 radical (unpaired) electrons. The summed E-state index contributed by atoms with van der Waals surface area (Å²) in [6.45, 7) is 8.52. The molecule has 1 fully saturated rings. The minimum absolute atomic E-state index is 0. The molecule has 2 heterocycles. The number of aryl methyl sites for hydroxylation is 2. The molecule has 4 aromatic carbocycles. The van der Waals surface area contributed by atoms with Crippen molar-refractivity contribution in [3.8, 4) is 23.1 Å². The van der Waals surface area contributed by atoms with Crippen molar-refractivity contribution < 1.29 is 23.4 Å². The summed E-state index contributed by atoms with van der Waals surface area (Å²) in [6, 6.07) is 30.4. The molecule has 10 heteroatoms. The molecule has 1 aromatic heterocycles. The Balaban J connectivity index is 0.00000523. The number of aromatic nitrogens is 1. The molecule has 0 saturated carbocycles. The number of amides is 1. The van der Waals surface area contributed by atoms with Gasteiger partial charge in [-0.1, -0.05) is 71.8 Å². The number of rotatable bonds is 13. The fraction of sp³-hybridized carbons (Fsp3) is 0.238. The number of ether oxygens (including phenoxy) is 3. The lowest BCUT2D eigenvalue weighted by molar-refractivity contribution is -0.127. The maximum Gasteiger partial charge on any atom is 0.246 e. The van der Waals surface area contributed by atoms with E-state index in [9.17, 15) is 9.18 Å². The number of hydrogen-bond donors (Lipinski definition) is 0. The molecule has 0 N–H and O–H groups in total. The first-order valence-electron chi connectivity index (χ1n) is 17.1. The van der Waals surface area contributed by atoms with Gasteiger partial charge in [0, 0.05) is 56.9 Å². The maximum absolute atomic E-state index is 13.9. The van der Waals surface area contributed by atoms with Gasteiger partial charge in [-0.2, -0.15) is 0 Å². The van der Waals surface area contributed by atoms with Crippen LogP contribution in [-0.2, 0) is 24.4 Å². The summed E-state index contributed by atoms with van der Waals surface area (Å²) in [5, 5.41) is 0.404. The van der Waals surface area contributed by atoms with Crippen LogP contribution in [0.3, 0.4) is 0 Å². The van der Waals surface area contributed by atoms with Gasteiger partial charge in [0.05, 0.1) is 17.8 Å². The summed E-state index contributed by atoms with van der Waals surface area (Å²) in [5.41, 5.74) is 5.79. The number of pyridine rings is 1. The predicted molar refractivity (Wildman–Crippen MR) is 206 cm³/mol. The zero-order valence-corrected chi connectivity index (χ0v) is 30.8. The second-order valence-corrected chi connectivity index (χ2v) is 13.0. The van der Waals surface area contributed by atoms with Crippen LogP contribution < -0.4 is 14.2 Å². The molecular weight excluding hydrogens is 700 g/mol. The van der Waals surface area contributed by atoms with Gasteiger partial charge in [-0.05, 0) is 78.6 Å². The average molecular weight is 743 g/mol. The van der Waals surface area contributed by atoms with Crippen molar-refractivity contribution in [1.82, 2.24) is 14.8 Å². The van der Waals surface area contributed by atoms with Gasteiger partial charge in [-0.25, -0.2) is 9.37 Å². The second kappa shape index (κ2) is 18.6. The first kappa shape index (κ1) is 38.3. The predicted octanol–water partition coefficient (Wildman–Crippen LogP) is 9.26. The van der Waals surface area contributed by atoms with Gasteiger partial charge >= 0.3 is 0 Å². The van der Waals surface area contributed by atoms with Crippen molar-refractivity contribution in [2.75, 3.05) is 32.8 Å². The number of benzene rings is 4. The summed E-state index contributed by atoms with van der Waals surface area (Å²) in [6.07, 6.45) is 5.76. The van der Waals surface area contributed by atoms with Crippen LogP contribution >= 0.6 is 24.0 Å². The molecule has 0 bridgehead atoms. The lowest BCUT2D eigenvalue weighted by Crippen LogP contribution is -2.47. The van der Waals surface area contributed by atoms with E-state index >= 15 is 0 Å². The third-order valence-electron chi connectivity index (χ3n) is 8.73. The Morgan fingerprint density at radius 1 is 0.865 bits per heavy atom. The van der Waals surface area contributed by atoms with Crippen molar-refractivity contribution in [2.24, 2.45) is 0 Å². The quantitative estimate of drug-likeness (QED) is 0.112. The topological polar surface area (TPSA) is 64.1 Å². The van der Waals surface area contributed by atoms with Crippen LogP contribution in [0.2, 0.25) is 5.02 Å². The van der Waals surface area contributed by atoms with E-state index in [4.69, 9.17) is 25.8 Å². The molecule has 0 spiro atoms. The Morgan fingerprint density at radius 2 is 1.58 bits per heavy atom. The first-order valence-corrected chi connectivity index (χ1v) is 17.4. The highest BCUT2D eigenvalue weighted by Crippen LogP contribution is 2.34. The summed E-state index contributed by atoms with van der Waals surface area (Å²) >= 11 is 6.60. The van der Waals surface area contributed by atoms with E-state index in [1.807, 2.05) is 30.0 Å². The van der Waals surface area contributed by atoms with E-state index in [0.29, 0.717) is 47.7 Å². The van der Waals surface area contributed by atoms with Gasteiger partial charge in [0.1, 0.15) is 23.9 Å². The van der Waals surface area contributed by atoms with Crippen LogP contribution in [0.25, 0.3) is 6.08 Å². The Hall–Kier alpha value is -4.89. The number of hydrogen-bond acceptors (Lipinski definition) is 6. The van der Waals surface area contributed by atoms with Crippen molar-refractivity contribution >= 4 is 36.0 Å². The second-order valence-electron chi connectivity index (χ2n) is 12.6. The number of nitrogens with zero attached hydrogens (tertiary/aromatic N) is 3. The van der Waals surface area contributed by atoms with E-state index in [1.165, 1.54) is 29.0 Å². The molecule has 1 amide bonds. The van der Waals surface area contributed by atoms with Crippen molar-refractivity contribution in [3.05, 3.63) is 154 Å². The monoisotopic (exact) mass is 741 g/mol. The zero-order valence-electron chi connectivity index (χ0n) is 29.3. The summed E-state index contributed by atoms with van der Waals surface area (Å²) in [7, 11) is 0. The van der Waals surface area contributed by atoms with Gasteiger partial charge in [0.15, 0.2) is 5.75 Å². The molecule has 1 saturated heterocycles. The van der Waals surface area contributed by atoms with Gasteiger partial charge < -0.3 is 19.1 Å². The third-order valence-corrected chi connectivity index (χ3v) is 9.01. The Bertz CT molecular complexity index is 1920. The first-order chi connectivity index (χ1) is 24.8. The maximum atomic E-state index is 13.9. The lowest BCUT2D eigenvalue weighted by atomic mass is 10.1. The third kappa shape index (κ3) is 10.8. The molecule has 6 rings (SSSR count). The van der Waals surface area contributed by atoms with Gasteiger partial charge in [0.25, 0.3) is 0 Å². The molecular formula is C42H42Cl2FN3O4. The molecule has 52 heavy (non-hydrogen) atoms. The van der Waals surface area contributed by atoms with Crippen molar-refractivity contribution in [1.29, 1.82) is 0 Å². The van der Waals surface area contributed by atoms with Crippen LogP contribution in [0.1, 0.15) is 33.4 Å². The van der Waals surface area contributed by atoms with Gasteiger partial charge in [-0.3, -0.25) is 9.69 Å². The number of halogens is 3. The highest BCUT2D eigenvalue weighted by atomic mass is 35.5. The highest BCUT2D eigenvalue weighted by molar-refractivity contribution is 6.32. The Labute approximate surface area is 316 Å².